The highest BCUT2D eigenvalue weighted by Gasteiger charge is 2.16. The Morgan fingerprint density at radius 2 is 2.33 bits per heavy atom. The van der Waals surface area contributed by atoms with Crippen LogP contribution in [0.2, 0.25) is 0 Å². The first-order valence-corrected chi connectivity index (χ1v) is 6.17. The van der Waals surface area contributed by atoms with Crippen molar-refractivity contribution in [3.05, 3.63) is 23.8 Å². The molecule has 5 N–H and O–H groups in total. The molecule has 0 aromatic heterocycles. The Kier molecular flexibility index (Phi) is 4.17. The van der Waals surface area contributed by atoms with E-state index in [-0.39, 0.29) is 18.5 Å². The summed E-state index contributed by atoms with van der Waals surface area (Å²) in [4.78, 5) is 0. The molecule has 5 heteroatoms. The van der Waals surface area contributed by atoms with E-state index in [4.69, 9.17) is 21.0 Å². The van der Waals surface area contributed by atoms with Gasteiger partial charge in [-0.05, 0) is 37.5 Å². The third kappa shape index (κ3) is 3.00. The van der Waals surface area contributed by atoms with Crippen LogP contribution in [0.15, 0.2) is 18.2 Å². The van der Waals surface area contributed by atoms with Gasteiger partial charge in [0.15, 0.2) is 0 Å². The van der Waals surface area contributed by atoms with Crippen LogP contribution in [0.5, 0.6) is 0 Å². The van der Waals surface area contributed by atoms with Crippen LogP contribution in [0.4, 0.5) is 11.4 Å². The van der Waals surface area contributed by atoms with Crippen molar-refractivity contribution in [2.75, 3.05) is 24.3 Å². The highest BCUT2D eigenvalue weighted by Crippen LogP contribution is 2.23. The normalized spacial score (nSPS) is 19.5. The Morgan fingerprint density at radius 1 is 1.50 bits per heavy atom. The molecule has 5 nitrogen and oxygen atoms in total. The molecule has 1 fully saturated rings. The smallest absolute Gasteiger partial charge is 0.127 e. The number of hydrogen-bond donors (Lipinski definition) is 4. The number of nitrogens with two attached hydrogens (primary N) is 1. The zero-order valence-corrected chi connectivity index (χ0v) is 10.3. The Morgan fingerprint density at radius 3 is 3.00 bits per heavy atom. The minimum atomic E-state index is -0.302. The van der Waals surface area contributed by atoms with E-state index in [1.54, 1.807) is 12.1 Å². The van der Waals surface area contributed by atoms with Crippen molar-refractivity contribution in [1.82, 2.24) is 0 Å². The summed E-state index contributed by atoms with van der Waals surface area (Å²) in [5.74, 6) is 0. The van der Waals surface area contributed by atoms with Gasteiger partial charge in [-0.1, -0.05) is 0 Å². The zero-order chi connectivity index (χ0) is 13.0. The largest absolute Gasteiger partial charge is 0.399 e. The molecule has 1 aliphatic rings. The van der Waals surface area contributed by atoms with Crippen LogP contribution in [0, 0.1) is 5.41 Å². The van der Waals surface area contributed by atoms with Gasteiger partial charge >= 0.3 is 0 Å². The molecule has 0 amide bonds. The minimum absolute atomic E-state index is 0.0207. The van der Waals surface area contributed by atoms with Crippen LogP contribution in [0.3, 0.4) is 0 Å². The van der Waals surface area contributed by atoms with E-state index < -0.39 is 0 Å². The molecular formula is C13H19N3O2. The first-order chi connectivity index (χ1) is 8.70. The summed E-state index contributed by atoms with van der Waals surface area (Å²) in [7, 11) is 0. The Balaban J connectivity index is 2.17. The number of anilines is 2. The highest BCUT2D eigenvalue weighted by atomic mass is 16.5. The molecule has 0 aliphatic carbocycles. The number of nitrogens with one attached hydrogen (secondary N) is 2. The predicted octanol–water partition coefficient (Wildman–Crippen LogP) is 1.57. The molecule has 1 unspecified atom stereocenters. The summed E-state index contributed by atoms with van der Waals surface area (Å²) < 4.78 is 5.61. The lowest BCUT2D eigenvalue weighted by Gasteiger charge is -2.25. The van der Waals surface area contributed by atoms with E-state index in [2.05, 4.69) is 5.32 Å². The molecule has 0 spiro atoms. The number of aliphatic hydroxyl groups excluding tert-OH is 1. The van der Waals surface area contributed by atoms with Gasteiger partial charge in [0.2, 0.25) is 0 Å². The maximum Gasteiger partial charge on any atom is 0.127 e. The molecule has 1 aromatic rings. The molecule has 98 valence electrons. The van der Waals surface area contributed by atoms with Crippen LogP contribution >= 0.6 is 0 Å². The molecule has 0 bridgehead atoms. The molecule has 1 atom stereocenters. The van der Waals surface area contributed by atoms with Crippen molar-refractivity contribution in [1.29, 1.82) is 5.41 Å². The number of rotatable bonds is 4. The fourth-order valence-electron chi connectivity index (χ4n) is 2.05. The molecule has 2 rings (SSSR count). The van der Waals surface area contributed by atoms with E-state index >= 15 is 0 Å². The summed E-state index contributed by atoms with van der Waals surface area (Å²) in [5.41, 5.74) is 7.87. The Labute approximate surface area is 106 Å². The number of hydrogen-bond acceptors (Lipinski definition) is 5. The third-order valence-electron chi connectivity index (χ3n) is 3.02. The number of aliphatic hydroxyl groups is 1. The second-order valence-electron chi connectivity index (χ2n) is 4.44. The maximum atomic E-state index is 9.09. The van der Waals surface area contributed by atoms with Gasteiger partial charge in [0.1, 0.15) is 6.23 Å². The summed E-state index contributed by atoms with van der Waals surface area (Å²) in [6.45, 7) is 0.461. The predicted molar refractivity (Wildman–Crippen MR) is 72.0 cm³/mol. The van der Waals surface area contributed by atoms with Crippen molar-refractivity contribution < 1.29 is 9.84 Å². The van der Waals surface area contributed by atoms with E-state index in [9.17, 15) is 0 Å². The highest BCUT2D eigenvalue weighted by molar-refractivity contribution is 6.04. The van der Waals surface area contributed by atoms with Crippen molar-refractivity contribution in [3.8, 4) is 0 Å². The SMILES string of the molecule is N=C(CO)c1cc(N)ccc1NC1CCCCO1. The summed E-state index contributed by atoms with van der Waals surface area (Å²) >= 11 is 0. The average molecular weight is 249 g/mol. The number of nitrogen functional groups attached to an aromatic ring is 1. The fourth-order valence-corrected chi connectivity index (χ4v) is 2.05. The van der Waals surface area contributed by atoms with E-state index in [1.807, 2.05) is 6.07 Å². The summed E-state index contributed by atoms with van der Waals surface area (Å²) in [6.07, 6.45) is 3.17. The van der Waals surface area contributed by atoms with Crippen LogP contribution in [-0.4, -0.2) is 30.3 Å². The van der Waals surface area contributed by atoms with Gasteiger partial charge in [0.05, 0.1) is 12.3 Å². The van der Waals surface area contributed by atoms with Gasteiger partial charge in [-0.3, -0.25) is 0 Å². The number of ether oxygens (including phenoxy) is 1. The molecule has 0 saturated carbocycles. The first-order valence-electron chi connectivity index (χ1n) is 6.17. The first kappa shape index (κ1) is 12.9. The van der Waals surface area contributed by atoms with Gasteiger partial charge in [0.25, 0.3) is 0 Å². The van der Waals surface area contributed by atoms with Crippen molar-refractivity contribution in [2.24, 2.45) is 0 Å². The Bertz CT molecular complexity index is 428. The van der Waals surface area contributed by atoms with E-state index in [1.165, 1.54) is 0 Å². The zero-order valence-electron chi connectivity index (χ0n) is 10.3. The van der Waals surface area contributed by atoms with Crippen molar-refractivity contribution >= 4 is 17.1 Å². The average Bonchev–Trinajstić information content (AvgIpc) is 2.41. The second-order valence-corrected chi connectivity index (χ2v) is 4.44. The van der Waals surface area contributed by atoms with E-state index in [0.29, 0.717) is 11.3 Å². The van der Waals surface area contributed by atoms with Gasteiger partial charge in [-0.25, -0.2) is 0 Å². The van der Waals surface area contributed by atoms with Gasteiger partial charge in [-0.2, -0.15) is 0 Å². The van der Waals surface area contributed by atoms with Crippen molar-refractivity contribution in [3.63, 3.8) is 0 Å². The molecular weight excluding hydrogens is 230 g/mol. The quantitative estimate of drug-likeness (QED) is 0.481. The Hall–Kier alpha value is -1.59. The molecule has 1 heterocycles. The van der Waals surface area contributed by atoms with E-state index in [0.717, 1.165) is 31.6 Å². The van der Waals surface area contributed by atoms with Crippen LogP contribution in [-0.2, 0) is 4.74 Å². The second kappa shape index (κ2) is 5.84. The van der Waals surface area contributed by atoms with Crippen LogP contribution in [0.1, 0.15) is 24.8 Å². The fraction of sp³-hybridized carbons (Fsp3) is 0.462. The lowest BCUT2D eigenvalue weighted by Crippen LogP contribution is -2.28. The monoisotopic (exact) mass is 249 g/mol. The molecule has 1 saturated heterocycles. The maximum absolute atomic E-state index is 9.09. The van der Waals surface area contributed by atoms with Gasteiger partial charge in [-0.15, -0.1) is 0 Å². The van der Waals surface area contributed by atoms with Crippen molar-refractivity contribution in [2.45, 2.75) is 25.5 Å². The minimum Gasteiger partial charge on any atom is -0.399 e. The standard InChI is InChI=1S/C13H19N3O2/c14-9-4-5-12(10(7-9)11(15)8-17)16-13-3-1-2-6-18-13/h4-5,7,13,15-17H,1-3,6,8,14H2. The van der Waals surface area contributed by atoms with Gasteiger partial charge < -0.3 is 26.3 Å². The lowest BCUT2D eigenvalue weighted by molar-refractivity contribution is 0.0343. The lowest BCUT2D eigenvalue weighted by atomic mass is 10.1. The molecule has 1 aliphatic heterocycles. The topological polar surface area (TPSA) is 91.4 Å². The van der Waals surface area contributed by atoms with Gasteiger partial charge in [0, 0.05) is 23.5 Å². The number of benzene rings is 1. The molecule has 18 heavy (non-hydrogen) atoms. The van der Waals surface area contributed by atoms with Crippen LogP contribution in [0.25, 0.3) is 0 Å². The third-order valence-corrected chi connectivity index (χ3v) is 3.02. The summed E-state index contributed by atoms with van der Waals surface area (Å²) in [6, 6.07) is 5.30. The van der Waals surface area contributed by atoms with Crippen LogP contribution < -0.4 is 11.1 Å². The molecule has 1 aromatic carbocycles. The summed E-state index contributed by atoms with van der Waals surface area (Å²) in [5, 5.41) is 20.1. The molecule has 0 radical (unpaired) electrons.